The van der Waals surface area contributed by atoms with Gasteiger partial charge in [0.15, 0.2) is 0 Å². The fraction of sp³-hybridized carbons (Fsp3) is 0.857. The molecule has 0 radical (unpaired) electrons. The Morgan fingerprint density at radius 1 is 1.11 bits per heavy atom. The SMILES string of the molecule is NC1CCCC(C(=O)NCC(=O)N2CCCCC2)C1. The number of hydrogen-bond acceptors (Lipinski definition) is 3. The molecule has 1 heterocycles. The highest BCUT2D eigenvalue weighted by Gasteiger charge is 2.26. The number of carbonyl (C=O) groups excluding carboxylic acids is 2. The summed E-state index contributed by atoms with van der Waals surface area (Å²) in [7, 11) is 0. The van der Waals surface area contributed by atoms with Crippen molar-refractivity contribution < 1.29 is 9.59 Å². The van der Waals surface area contributed by atoms with Crippen molar-refractivity contribution in [3.8, 4) is 0 Å². The van der Waals surface area contributed by atoms with E-state index in [9.17, 15) is 9.59 Å². The van der Waals surface area contributed by atoms with Gasteiger partial charge in [-0.2, -0.15) is 0 Å². The summed E-state index contributed by atoms with van der Waals surface area (Å²) in [6, 6.07) is 0.141. The minimum atomic E-state index is -0.00194. The van der Waals surface area contributed by atoms with Gasteiger partial charge in [-0.3, -0.25) is 9.59 Å². The second-order valence-corrected chi connectivity index (χ2v) is 5.78. The molecule has 2 unspecified atom stereocenters. The largest absolute Gasteiger partial charge is 0.347 e. The third kappa shape index (κ3) is 4.20. The highest BCUT2D eigenvalue weighted by molar-refractivity contribution is 5.85. The first-order chi connectivity index (χ1) is 9.16. The van der Waals surface area contributed by atoms with Gasteiger partial charge in [0.1, 0.15) is 0 Å². The van der Waals surface area contributed by atoms with E-state index in [1.807, 2.05) is 4.90 Å². The zero-order chi connectivity index (χ0) is 13.7. The maximum atomic E-state index is 12.0. The predicted octanol–water partition coefficient (Wildman–Crippen LogP) is 0.633. The highest BCUT2D eigenvalue weighted by atomic mass is 16.2. The molecule has 2 atom stereocenters. The summed E-state index contributed by atoms with van der Waals surface area (Å²) in [6.07, 6.45) is 7.04. The van der Waals surface area contributed by atoms with E-state index in [1.54, 1.807) is 0 Å². The number of piperidine rings is 1. The standard InChI is InChI=1S/C14H25N3O2/c15-12-6-4-5-11(9-12)14(19)16-10-13(18)17-7-2-1-3-8-17/h11-12H,1-10,15H2,(H,16,19). The van der Waals surface area contributed by atoms with Crippen molar-refractivity contribution in [1.82, 2.24) is 10.2 Å². The Balaban J connectivity index is 1.71. The molecule has 2 aliphatic rings. The third-order valence-electron chi connectivity index (χ3n) is 4.21. The third-order valence-corrected chi connectivity index (χ3v) is 4.21. The topological polar surface area (TPSA) is 75.4 Å². The quantitative estimate of drug-likeness (QED) is 0.787. The van der Waals surface area contributed by atoms with Gasteiger partial charge in [-0.05, 0) is 38.5 Å². The molecule has 1 aliphatic heterocycles. The normalized spacial score (nSPS) is 27.9. The van der Waals surface area contributed by atoms with Crippen molar-refractivity contribution in [2.75, 3.05) is 19.6 Å². The maximum Gasteiger partial charge on any atom is 0.241 e. The van der Waals surface area contributed by atoms with Crippen LogP contribution in [0, 0.1) is 5.92 Å². The molecule has 2 amide bonds. The Kier molecular flexibility index (Phi) is 5.19. The lowest BCUT2D eigenvalue weighted by molar-refractivity contribution is -0.134. The summed E-state index contributed by atoms with van der Waals surface area (Å²) in [6.45, 7) is 1.82. The van der Waals surface area contributed by atoms with Crippen LogP contribution in [0.1, 0.15) is 44.9 Å². The molecule has 0 bridgehead atoms. The first-order valence-electron chi connectivity index (χ1n) is 7.48. The maximum absolute atomic E-state index is 12.0. The molecule has 5 heteroatoms. The zero-order valence-corrected chi connectivity index (χ0v) is 11.6. The minimum absolute atomic E-state index is 0.000472. The van der Waals surface area contributed by atoms with E-state index < -0.39 is 0 Å². The van der Waals surface area contributed by atoms with Gasteiger partial charge in [0.05, 0.1) is 6.54 Å². The van der Waals surface area contributed by atoms with Crippen LogP contribution < -0.4 is 11.1 Å². The molecule has 3 N–H and O–H groups in total. The Labute approximate surface area is 114 Å². The summed E-state index contributed by atoms with van der Waals surface area (Å²) < 4.78 is 0. The molecule has 0 spiro atoms. The van der Waals surface area contributed by atoms with Crippen LogP contribution >= 0.6 is 0 Å². The minimum Gasteiger partial charge on any atom is -0.347 e. The molecule has 1 saturated carbocycles. The van der Waals surface area contributed by atoms with E-state index in [0.29, 0.717) is 0 Å². The van der Waals surface area contributed by atoms with E-state index in [-0.39, 0.29) is 30.3 Å². The van der Waals surface area contributed by atoms with Crippen LogP contribution in [0.2, 0.25) is 0 Å². The summed E-state index contributed by atoms with van der Waals surface area (Å²) in [5, 5.41) is 2.78. The summed E-state index contributed by atoms with van der Waals surface area (Å²) >= 11 is 0. The molecule has 19 heavy (non-hydrogen) atoms. The van der Waals surface area contributed by atoms with E-state index in [0.717, 1.165) is 51.6 Å². The Morgan fingerprint density at radius 2 is 1.84 bits per heavy atom. The van der Waals surface area contributed by atoms with Gasteiger partial charge in [-0.1, -0.05) is 6.42 Å². The van der Waals surface area contributed by atoms with Gasteiger partial charge in [0.2, 0.25) is 11.8 Å². The van der Waals surface area contributed by atoms with Crippen molar-refractivity contribution >= 4 is 11.8 Å². The van der Waals surface area contributed by atoms with Crippen LogP contribution in [0.5, 0.6) is 0 Å². The molecule has 0 aromatic rings. The number of nitrogens with one attached hydrogen (secondary N) is 1. The van der Waals surface area contributed by atoms with E-state index in [1.165, 1.54) is 6.42 Å². The van der Waals surface area contributed by atoms with Gasteiger partial charge in [-0.25, -0.2) is 0 Å². The zero-order valence-electron chi connectivity index (χ0n) is 11.6. The second-order valence-electron chi connectivity index (χ2n) is 5.78. The Morgan fingerprint density at radius 3 is 2.53 bits per heavy atom. The van der Waals surface area contributed by atoms with Gasteiger partial charge >= 0.3 is 0 Å². The number of nitrogens with zero attached hydrogens (tertiary/aromatic N) is 1. The summed E-state index contributed by atoms with van der Waals surface area (Å²) in [5.74, 6) is 0.0478. The van der Waals surface area contributed by atoms with Crippen molar-refractivity contribution in [1.29, 1.82) is 0 Å². The smallest absolute Gasteiger partial charge is 0.241 e. The Hall–Kier alpha value is -1.10. The van der Waals surface area contributed by atoms with E-state index in [4.69, 9.17) is 5.73 Å². The summed E-state index contributed by atoms with van der Waals surface area (Å²) in [4.78, 5) is 25.8. The van der Waals surface area contributed by atoms with Gasteiger partial charge in [-0.15, -0.1) is 0 Å². The van der Waals surface area contributed by atoms with Crippen molar-refractivity contribution in [2.24, 2.45) is 11.7 Å². The van der Waals surface area contributed by atoms with Gasteiger partial charge in [0, 0.05) is 25.0 Å². The molecule has 1 aliphatic carbocycles. The predicted molar refractivity (Wildman–Crippen MR) is 73.4 cm³/mol. The molecular weight excluding hydrogens is 242 g/mol. The lowest BCUT2D eigenvalue weighted by Gasteiger charge is -2.28. The average Bonchev–Trinajstić information content (AvgIpc) is 2.45. The lowest BCUT2D eigenvalue weighted by atomic mass is 9.85. The fourth-order valence-electron chi connectivity index (χ4n) is 3.03. The fourth-order valence-corrected chi connectivity index (χ4v) is 3.03. The molecular formula is C14H25N3O2. The number of rotatable bonds is 3. The van der Waals surface area contributed by atoms with Crippen molar-refractivity contribution in [3.63, 3.8) is 0 Å². The number of nitrogens with two attached hydrogens (primary N) is 1. The highest BCUT2D eigenvalue weighted by Crippen LogP contribution is 2.23. The molecule has 5 nitrogen and oxygen atoms in total. The van der Waals surface area contributed by atoms with E-state index >= 15 is 0 Å². The van der Waals surface area contributed by atoms with E-state index in [2.05, 4.69) is 5.32 Å². The van der Waals surface area contributed by atoms with Crippen LogP contribution in [0.4, 0.5) is 0 Å². The van der Waals surface area contributed by atoms with Gasteiger partial charge < -0.3 is 16.0 Å². The summed E-state index contributed by atoms with van der Waals surface area (Å²) in [5.41, 5.74) is 5.88. The molecule has 2 rings (SSSR count). The molecule has 2 fully saturated rings. The van der Waals surface area contributed by atoms with Crippen LogP contribution in [0.25, 0.3) is 0 Å². The molecule has 1 saturated heterocycles. The lowest BCUT2D eigenvalue weighted by Crippen LogP contribution is -2.45. The first kappa shape index (κ1) is 14.3. The number of likely N-dealkylation sites (tertiary alicyclic amines) is 1. The average molecular weight is 267 g/mol. The monoisotopic (exact) mass is 267 g/mol. The van der Waals surface area contributed by atoms with Crippen LogP contribution in [-0.4, -0.2) is 42.4 Å². The van der Waals surface area contributed by atoms with Crippen LogP contribution in [-0.2, 0) is 9.59 Å². The molecule has 0 aromatic carbocycles. The van der Waals surface area contributed by atoms with Gasteiger partial charge in [0.25, 0.3) is 0 Å². The van der Waals surface area contributed by atoms with Crippen molar-refractivity contribution in [2.45, 2.75) is 51.0 Å². The van der Waals surface area contributed by atoms with Crippen LogP contribution in [0.3, 0.4) is 0 Å². The molecule has 0 aromatic heterocycles. The van der Waals surface area contributed by atoms with Crippen LogP contribution in [0.15, 0.2) is 0 Å². The van der Waals surface area contributed by atoms with Crippen molar-refractivity contribution in [3.05, 3.63) is 0 Å². The number of hydrogen-bond donors (Lipinski definition) is 2. The second kappa shape index (κ2) is 6.89. The first-order valence-corrected chi connectivity index (χ1v) is 7.48. The number of amides is 2. The number of carbonyl (C=O) groups is 2. The molecule has 108 valence electrons. The Bertz CT molecular complexity index is 327.